The summed E-state index contributed by atoms with van der Waals surface area (Å²) < 4.78 is 24.0. The van der Waals surface area contributed by atoms with Gasteiger partial charge in [-0.15, -0.1) is 0 Å². The molecule has 1 amide bonds. The van der Waals surface area contributed by atoms with Crippen LogP contribution >= 0.6 is 11.8 Å². The van der Waals surface area contributed by atoms with Crippen LogP contribution in [0.25, 0.3) is 0 Å². The Morgan fingerprint density at radius 1 is 1.19 bits per heavy atom. The number of benzene rings is 1. The van der Waals surface area contributed by atoms with Gasteiger partial charge >= 0.3 is 5.97 Å². The van der Waals surface area contributed by atoms with Crippen LogP contribution in [-0.2, 0) is 19.4 Å². The third-order valence-electron chi connectivity index (χ3n) is 4.39. The molecule has 2 atom stereocenters. The molecular formula is C17H18N2O6S2. The van der Waals surface area contributed by atoms with Crippen molar-refractivity contribution in [2.45, 2.75) is 31.1 Å². The number of hydrogen-bond acceptors (Lipinski definition) is 6. The van der Waals surface area contributed by atoms with Gasteiger partial charge in [0.1, 0.15) is 0 Å². The van der Waals surface area contributed by atoms with Crippen LogP contribution in [0.2, 0.25) is 0 Å². The van der Waals surface area contributed by atoms with Crippen molar-refractivity contribution in [3.63, 3.8) is 0 Å². The van der Waals surface area contributed by atoms with Gasteiger partial charge in [-0.3, -0.25) is 14.4 Å². The molecule has 27 heavy (non-hydrogen) atoms. The Morgan fingerprint density at radius 3 is 2.44 bits per heavy atom. The Labute approximate surface area is 160 Å². The third kappa shape index (κ3) is 4.38. The highest BCUT2D eigenvalue weighted by Gasteiger charge is 2.49. The minimum Gasteiger partial charge on any atom is -0.481 e. The highest BCUT2D eigenvalue weighted by atomic mass is 32.2. The number of anilines is 1. The molecule has 1 N–H and O–H groups in total. The van der Waals surface area contributed by atoms with Crippen molar-refractivity contribution >= 4 is 50.1 Å². The van der Waals surface area contributed by atoms with Crippen LogP contribution in [-0.4, -0.2) is 59.1 Å². The predicted molar refractivity (Wildman–Crippen MR) is 102 cm³/mol. The van der Waals surface area contributed by atoms with E-state index in [0.717, 1.165) is 0 Å². The second kappa shape index (κ2) is 7.43. The van der Waals surface area contributed by atoms with Gasteiger partial charge in [-0.05, 0) is 31.2 Å². The Balaban J connectivity index is 1.92. The van der Waals surface area contributed by atoms with Crippen LogP contribution in [0.1, 0.15) is 30.1 Å². The molecule has 0 radical (unpaired) electrons. The topological polar surface area (TPSA) is 121 Å². The molecule has 0 bridgehead atoms. The molecule has 2 unspecified atom stereocenters. The van der Waals surface area contributed by atoms with Gasteiger partial charge in [0, 0.05) is 22.9 Å². The standard InChI is InChI=1S/C17H18N2O6S2/c1-10(20)11-2-4-12(5-3-11)19-13-8-27(24,25)9-14(13)26-17(19)18-15(21)6-7-16(22)23/h2-5,13-14H,6-9H2,1H3,(H,22,23). The van der Waals surface area contributed by atoms with Gasteiger partial charge in [0.15, 0.2) is 20.8 Å². The zero-order chi connectivity index (χ0) is 19.8. The Kier molecular flexibility index (Phi) is 5.38. The molecule has 2 aliphatic rings. The summed E-state index contributed by atoms with van der Waals surface area (Å²) in [5.41, 5.74) is 1.17. The molecule has 0 saturated carbocycles. The first kappa shape index (κ1) is 19.6. The zero-order valence-electron chi connectivity index (χ0n) is 14.5. The summed E-state index contributed by atoms with van der Waals surface area (Å²) in [4.78, 5) is 39.9. The van der Waals surface area contributed by atoms with Crippen molar-refractivity contribution in [1.82, 2.24) is 0 Å². The van der Waals surface area contributed by atoms with E-state index in [2.05, 4.69) is 4.99 Å². The SMILES string of the molecule is CC(=O)c1ccc(N2C(=NC(=O)CCC(=O)O)SC3CS(=O)(=O)CC32)cc1. The van der Waals surface area contributed by atoms with Crippen LogP contribution in [0.15, 0.2) is 29.3 Å². The van der Waals surface area contributed by atoms with Gasteiger partial charge in [-0.1, -0.05) is 11.8 Å². The number of ketones is 1. The normalized spacial score (nSPS) is 24.8. The lowest BCUT2D eigenvalue weighted by Gasteiger charge is -2.24. The second-order valence-corrected chi connectivity index (χ2v) is 9.82. The molecule has 2 aliphatic heterocycles. The highest BCUT2D eigenvalue weighted by molar-refractivity contribution is 8.16. The van der Waals surface area contributed by atoms with Gasteiger partial charge in [0.2, 0.25) is 5.91 Å². The van der Waals surface area contributed by atoms with Gasteiger partial charge < -0.3 is 10.0 Å². The number of nitrogens with zero attached hydrogens (tertiary/aromatic N) is 2. The number of amidine groups is 1. The van der Waals surface area contributed by atoms with Gasteiger partial charge in [-0.25, -0.2) is 8.42 Å². The quantitative estimate of drug-likeness (QED) is 0.722. The number of carbonyl (C=O) groups is 3. The first-order chi connectivity index (χ1) is 12.7. The van der Waals surface area contributed by atoms with Gasteiger partial charge in [0.05, 0.1) is 24.0 Å². The molecule has 3 rings (SSSR count). The first-order valence-electron chi connectivity index (χ1n) is 8.27. The number of carboxylic acid groups (broad SMARTS) is 1. The van der Waals surface area contributed by atoms with E-state index in [1.165, 1.54) is 18.7 Å². The van der Waals surface area contributed by atoms with E-state index in [-0.39, 0.29) is 41.4 Å². The summed E-state index contributed by atoms with van der Waals surface area (Å²) in [5, 5.41) is 8.83. The molecule has 2 heterocycles. The highest BCUT2D eigenvalue weighted by Crippen LogP contribution is 2.41. The number of fused-ring (bicyclic) bond motifs is 1. The molecule has 0 aliphatic carbocycles. The minimum atomic E-state index is -3.18. The smallest absolute Gasteiger partial charge is 0.303 e. The lowest BCUT2D eigenvalue weighted by molar-refractivity contribution is -0.138. The van der Waals surface area contributed by atoms with E-state index < -0.39 is 21.7 Å². The maximum Gasteiger partial charge on any atom is 0.303 e. The summed E-state index contributed by atoms with van der Waals surface area (Å²) in [6, 6.07) is 6.32. The fraction of sp³-hybridized carbons (Fsp3) is 0.412. The van der Waals surface area contributed by atoms with Crippen LogP contribution in [0, 0.1) is 0 Å². The van der Waals surface area contributed by atoms with Gasteiger partial charge in [-0.2, -0.15) is 4.99 Å². The van der Waals surface area contributed by atoms with Crippen molar-refractivity contribution in [1.29, 1.82) is 0 Å². The molecule has 144 valence electrons. The number of hydrogen-bond donors (Lipinski definition) is 1. The minimum absolute atomic E-state index is 0.00665. The van der Waals surface area contributed by atoms with Crippen molar-refractivity contribution in [3.05, 3.63) is 29.8 Å². The van der Waals surface area contributed by atoms with Crippen molar-refractivity contribution in [3.8, 4) is 0 Å². The van der Waals surface area contributed by atoms with E-state index >= 15 is 0 Å². The molecule has 1 aromatic rings. The molecule has 2 fully saturated rings. The second-order valence-electron chi connectivity index (χ2n) is 6.46. The maximum absolute atomic E-state index is 12.0. The van der Waals surface area contributed by atoms with Crippen LogP contribution in [0.4, 0.5) is 5.69 Å². The molecule has 0 spiro atoms. The van der Waals surface area contributed by atoms with E-state index in [4.69, 9.17) is 5.11 Å². The number of rotatable bonds is 5. The fourth-order valence-electron chi connectivity index (χ4n) is 3.10. The number of Topliss-reactive ketones (excluding diaryl/α,β-unsaturated/α-hetero) is 1. The number of amides is 1. The van der Waals surface area contributed by atoms with E-state index in [1.807, 2.05) is 0 Å². The summed E-state index contributed by atoms with van der Waals surface area (Å²) in [7, 11) is -3.18. The lowest BCUT2D eigenvalue weighted by Crippen LogP contribution is -2.37. The van der Waals surface area contributed by atoms with Crippen LogP contribution in [0.3, 0.4) is 0 Å². The first-order valence-corrected chi connectivity index (χ1v) is 11.0. The van der Waals surface area contributed by atoms with Crippen LogP contribution in [0.5, 0.6) is 0 Å². The molecule has 8 nitrogen and oxygen atoms in total. The maximum atomic E-state index is 12.0. The Hall–Kier alpha value is -2.20. The number of sulfone groups is 1. The van der Waals surface area contributed by atoms with Crippen molar-refractivity contribution < 1.29 is 27.9 Å². The molecule has 10 heteroatoms. The predicted octanol–water partition coefficient (Wildman–Crippen LogP) is 1.36. The van der Waals surface area contributed by atoms with E-state index in [1.54, 1.807) is 29.2 Å². The molecule has 1 aromatic carbocycles. The largest absolute Gasteiger partial charge is 0.481 e. The van der Waals surface area contributed by atoms with Crippen molar-refractivity contribution in [2.24, 2.45) is 4.99 Å². The summed E-state index contributed by atoms with van der Waals surface area (Å²) in [6.07, 6.45) is -0.529. The number of thioether (sulfide) groups is 1. The monoisotopic (exact) mass is 410 g/mol. The molecule has 2 saturated heterocycles. The molecular weight excluding hydrogens is 392 g/mol. The van der Waals surface area contributed by atoms with E-state index in [0.29, 0.717) is 16.4 Å². The van der Waals surface area contributed by atoms with Crippen molar-refractivity contribution in [2.75, 3.05) is 16.4 Å². The number of carbonyl (C=O) groups excluding carboxylic acids is 2. The summed E-state index contributed by atoms with van der Waals surface area (Å²) >= 11 is 1.22. The molecule has 0 aromatic heterocycles. The average molecular weight is 410 g/mol. The number of aliphatic imine (C=N–C) groups is 1. The summed E-state index contributed by atoms with van der Waals surface area (Å²) in [5.74, 6) is -1.76. The zero-order valence-corrected chi connectivity index (χ0v) is 16.1. The van der Waals surface area contributed by atoms with Crippen LogP contribution < -0.4 is 4.90 Å². The average Bonchev–Trinajstić information content (AvgIpc) is 3.03. The van der Waals surface area contributed by atoms with Gasteiger partial charge in [0.25, 0.3) is 0 Å². The Bertz CT molecular complexity index is 923. The summed E-state index contributed by atoms with van der Waals surface area (Å²) in [6.45, 7) is 1.45. The third-order valence-corrected chi connectivity index (χ3v) is 7.60. The number of carboxylic acids is 1. The van der Waals surface area contributed by atoms with E-state index in [9.17, 15) is 22.8 Å². The fourth-order valence-corrected chi connectivity index (χ4v) is 7.03. The lowest BCUT2D eigenvalue weighted by atomic mass is 10.1. The number of aliphatic carboxylic acids is 1. The Morgan fingerprint density at radius 2 is 1.85 bits per heavy atom.